The van der Waals surface area contributed by atoms with Crippen molar-refractivity contribution in [3.63, 3.8) is 0 Å². The minimum atomic E-state index is 0.203. The van der Waals surface area contributed by atoms with E-state index in [1.807, 2.05) is 15.7 Å². The third kappa shape index (κ3) is 3.82. The third-order valence-corrected chi connectivity index (χ3v) is 3.24. The Morgan fingerprint density at radius 2 is 2.11 bits per heavy atom. The van der Waals surface area contributed by atoms with Gasteiger partial charge in [-0.2, -0.15) is 0 Å². The molecule has 0 aromatic carbocycles. The molecule has 0 aliphatic carbocycles. The second-order valence-corrected chi connectivity index (χ2v) is 4.66. The van der Waals surface area contributed by atoms with Crippen molar-refractivity contribution in [1.82, 2.24) is 24.7 Å². The predicted molar refractivity (Wildman–Crippen MR) is 69.2 cm³/mol. The summed E-state index contributed by atoms with van der Waals surface area (Å²) in [6.07, 6.45) is 5.46. The van der Waals surface area contributed by atoms with Gasteiger partial charge in [-0.15, -0.1) is 0 Å². The summed E-state index contributed by atoms with van der Waals surface area (Å²) in [6, 6.07) is 0. The normalized spacial score (nSPS) is 17.1. The number of piperazine rings is 1. The summed E-state index contributed by atoms with van der Waals surface area (Å²) in [4.78, 5) is 20.0. The molecule has 2 heterocycles. The second kappa shape index (κ2) is 6.51. The molecule has 0 radical (unpaired) electrons. The van der Waals surface area contributed by atoms with Gasteiger partial charge in [-0.3, -0.25) is 4.79 Å². The van der Waals surface area contributed by atoms with Gasteiger partial charge >= 0.3 is 0 Å². The van der Waals surface area contributed by atoms with Crippen LogP contribution in [0.5, 0.6) is 0 Å². The van der Waals surface area contributed by atoms with E-state index in [0.29, 0.717) is 6.54 Å². The molecular formula is C12H21N5O. The predicted octanol–water partition coefficient (Wildman–Crippen LogP) is -0.753. The largest absolute Gasteiger partial charge is 0.339 e. The Morgan fingerprint density at radius 1 is 1.33 bits per heavy atom. The van der Waals surface area contributed by atoms with Crippen LogP contribution in [0.15, 0.2) is 18.7 Å². The first-order valence-electron chi connectivity index (χ1n) is 6.38. The smallest absolute Gasteiger partial charge is 0.236 e. The van der Waals surface area contributed by atoms with Crippen LogP contribution >= 0.6 is 0 Å². The molecule has 1 aliphatic rings. The number of likely N-dealkylation sites (N-methyl/N-ethyl adjacent to an activating group) is 1. The highest BCUT2D eigenvalue weighted by molar-refractivity contribution is 5.78. The van der Waals surface area contributed by atoms with E-state index < -0.39 is 0 Å². The maximum atomic E-state index is 11.9. The molecule has 6 nitrogen and oxygen atoms in total. The number of hydrogen-bond donors (Lipinski definition) is 1. The number of amides is 1. The minimum absolute atomic E-state index is 0.203. The molecule has 0 saturated carbocycles. The molecule has 1 aromatic rings. The van der Waals surface area contributed by atoms with Crippen LogP contribution in [-0.2, 0) is 11.3 Å². The first-order valence-corrected chi connectivity index (χ1v) is 6.38. The van der Waals surface area contributed by atoms with Gasteiger partial charge in [0.05, 0.1) is 12.9 Å². The van der Waals surface area contributed by atoms with Crippen LogP contribution in [0.2, 0.25) is 0 Å². The van der Waals surface area contributed by atoms with Crippen LogP contribution in [0.25, 0.3) is 0 Å². The maximum Gasteiger partial charge on any atom is 0.236 e. The highest BCUT2D eigenvalue weighted by Crippen LogP contribution is 1.98. The second-order valence-electron chi connectivity index (χ2n) is 4.66. The number of imidazole rings is 1. The fourth-order valence-corrected chi connectivity index (χ4v) is 1.99. The molecule has 1 aliphatic heterocycles. The van der Waals surface area contributed by atoms with Crippen molar-refractivity contribution in [3.05, 3.63) is 18.7 Å². The van der Waals surface area contributed by atoms with E-state index in [1.165, 1.54) is 0 Å². The summed E-state index contributed by atoms with van der Waals surface area (Å²) in [5.74, 6) is 0.203. The molecule has 1 fully saturated rings. The molecule has 1 aromatic heterocycles. The SMILES string of the molecule is CN1CCN(C(=O)CNCCn2ccnc2)CC1. The summed E-state index contributed by atoms with van der Waals surface area (Å²) in [7, 11) is 2.09. The molecular weight excluding hydrogens is 230 g/mol. The van der Waals surface area contributed by atoms with Crippen LogP contribution in [0.3, 0.4) is 0 Å². The van der Waals surface area contributed by atoms with Crippen LogP contribution in [-0.4, -0.2) is 71.6 Å². The van der Waals surface area contributed by atoms with Gasteiger partial charge in [0, 0.05) is 51.7 Å². The van der Waals surface area contributed by atoms with Gasteiger partial charge in [-0.05, 0) is 7.05 Å². The number of nitrogens with zero attached hydrogens (tertiary/aromatic N) is 4. The summed E-state index contributed by atoms with van der Waals surface area (Å²) in [5.41, 5.74) is 0. The summed E-state index contributed by atoms with van der Waals surface area (Å²) >= 11 is 0. The Bertz CT molecular complexity index is 357. The highest BCUT2D eigenvalue weighted by atomic mass is 16.2. The Kier molecular flexibility index (Phi) is 4.72. The molecule has 0 spiro atoms. The zero-order chi connectivity index (χ0) is 12.8. The van der Waals surface area contributed by atoms with Crippen molar-refractivity contribution in [1.29, 1.82) is 0 Å². The lowest BCUT2D eigenvalue weighted by Crippen LogP contribution is -2.49. The highest BCUT2D eigenvalue weighted by Gasteiger charge is 2.17. The van der Waals surface area contributed by atoms with E-state index in [2.05, 4.69) is 22.2 Å². The Morgan fingerprint density at radius 3 is 2.78 bits per heavy atom. The van der Waals surface area contributed by atoms with E-state index in [9.17, 15) is 4.79 Å². The average molecular weight is 251 g/mol. The quantitative estimate of drug-likeness (QED) is 0.700. The van der Waals surface area contributed by atoms with E-state index in [1.54, 1.807) is 12.5 Å². The van der Waals surface area contributed by atoms with Crippen molar-refractivity contribution < 1.29 is 4.79 Å². The van der Waals surface area contributed by atoms with Gasteiger partial charge in [0.15, 0.2) is 0 Å². The third-order valence-electron chi connectivity index (χ3n) is 3.24. The van der Waals surface area contributed by atoms with Crippen molar-refractivity contribution in [3.8, 4) is 0 Å². The van der Waals surface area contributed by atoms with E-state index in [0.717, 1.165) is 39.3 Å². The molecule has 100 valence electrons. The van der Waals surface area contributed by atoms with Gasteiger partial charge in [-0.1, -0.05) is 0 Å². The minimum Gasteiger partial charge on any atom is -0.339 e. The number of rotatable bonds is 5. The van der Waals surface area contributed by atoms with Gasteiger partial charge in [0.2, 0.25) is 5.91 Å². The van der Waals surface area contributed by atoms with Crippen molar-refractivity contribution >= 4 is 5.91 Å². The maximum absolute atomic E-state index is 11.9. The molecule has 6 heteroatoms. The first-order chi connectivity index (χ1) is 8.75. The average Bonchev–Trinajstić information content (AvgIpc) is 2.88. The Labute approximate surface area is 108 Å². The molecule has 0 unspecified atom stereocenters. The standard InChI is InChI=1S/C12H21N5O/c1-15-6-8-17(9-7-15)12(18)10-13-2-4-16-5-3-14-11-16/h3,5,11,13H,2,4,6-10H2,1H3. The molecule has 0 bridgehead atoms. The molecule has 0 atom stereocenters. The molecule has 2 rings (SSSR count). The lowest BCUT2D eigenvalue weighted by molar-refractivity contribution is -0.131. The number of hydrogen-bond acceptors (Lipinski definition) is 4. The van der Waals surface area contributed by atoms with Crippen molar-refractivity contribution in [2.75, 3.05) is 46.3 Å². The van der Waals surface area contributed by atoms with Gasteiger partial charge < -0.3 is 19.7 Å². The van der Waals surface area contributed by atoms with Crippen LogP contribution < -0.4 is 5.32 Å². The van der Waals surface area contributed by atoms with Gasteiger partial charge in [0.1, 0.15) is 0 Å². The lowest BCUT2D eigenvalue weighted by Gasteiger charge is -2.32. The van der Waals surface area contributed by atoms with Crippen LogP contribution in [0.4, 0.5) is 0 Å². The fraction of sp³-hybridized carbons (Fsp3) is 0.667. The lowest BCUT2D eigenvalue weighted by atomic mass is 10.3. The number of nitrogens with one attached hydrogen (secondary N) is 1. The molecule has 18 heavy (non-hydrogen) atoms. The summed E-state index contributed by atoms with van der Waals surface area (Å²) < 4.78 is 1.99. The number of carbonyl (C=O) groups excluding carboxylic acids is 1. The van der Waals surface area contributed by atoms with Crippen molar-refractivity contribution in [2.45, 2.75) is 6.54 Å². The number of aromatic nitrogens is 2. The molecule has 1 N–H and O–H groups in total. The monoisotopic (exact) mass is 251 g/mol. The van der Waals surface area contributed by atoms with E-state index in [-0.39, 0.29) is 5.91 Å². The number of carbonyl (C=O) groups is 1. The Balaban J connectivity index is 1.60. The summed E-state index contributed by atoms with van der Waals surface area (Å²) in [5, 5.41) is 3.18. The zero-order valence-corrected chi connectivity index (χ0v) is 10.9. The molecule has 1 amide bonds. The van der Waals surface area contributed by atoms with E-state index in [4.69, 9.17) is 0 Å². The summed E-state index contributed by atoms with van der Waals surface area (Å²) in [6.45, 7) is 5.70. The van der Waals surface area contributed by atoms with Crippen molar-refractivity contribution in [2.24, 2.45) is 0 Å². The van der Waals surface area contributed by atoms with E-state index >= 15 is 0 Å². The topological polar surface area (TPSA) is 53.4 Å². The molecule has 1 saturated heterocycles. The zero-order valence-electron chi connectivity index (χ0n) is 10.9. The van der Waals surface area contributed by atoms with Gasteiger partial charge in [-0.25, -0.2) is 4.98 Å². The Hall–Kier alpha value is -1.40. The van der Waals surface area contributed by atoms with Gasteiger partial charge in [0.25, 0.3) is 0 Å². The van der Waals surface area contributed by atoms with Crippen LogP contribution in [0, 0.1) is 0 Å². The fourth-order valence-electron chi connectivity index (χ4n) is 1.99. The first kappa shape index (κ1) is 13.0. The van der Waals surface area contributed by atoms with Crippen LogP contribution in [0.1, 0.15) is 0 Å².